The number of imide groups is 1. The summed E-state index contributed by atoms with van der Waals surface area (Å²) < 4.78 is 0. The molecule has 2 fully saturated rings. The van der Waals surface area contributed by atoms with Crippen LogP contribution >= 0.6 is 0 Å². The zero-order valence-corrected chi connectivity index (χ0v) is 6.52. The van der Waals surface area contributed by atoms with Crippen LogP contribution in [0.25, 0.3) is 0 Å². The second kappa shape index (κ2) is 1.42. The molecular formula is C7H10N2O2. The quantitative estimate of drug-likeness (QED) is 0.482. The van der Waals surface area contributed by atoms with Crippen LogP contribution in [0.1, 0.15) is 20.3 Å². The van der Waals surface area contributed by atoms with E-state index in [0.717, 1.165) is 6.42 Å². The minimum absolute atomic E-state index is 0.0662. The Balaban J connectivity index is 2.31. The molecule has 0 aromatic carbocycles. The standard InChI is InChI=1S/C7H10N2O2/c1-6(2)3-7(6)4(10)8-5(11)9-7/h3H2,1-2H3,(H2,8,9,10,11). The summed E-state index contributed by atoms with van der Waals surface area (Å²) in [5.41, 5.74) is -0.646. The van der Waals surface area contributed by atoms with Crippen LogP contribution < -0.4 is 10.6 Å². The van der Waals surface area contributed by atoms with E-state index in [1.165, 1.54) is 0 Å². The van der Waals surface area contributed by atoms with Gasteiger partial charge in [0.1, 0.15) is 5.54 Å². The summed E-state index contributed by atoms with van der Waals surface area (Å²) >= 11 is 0. The molecule has 0 bridgehead atoms. The van der Waals surface area contributed by atoms with Gasteiger partial charge in [0.05, 0.1) is 0 Å². The molecule has 1 aliphatic carbocycles. The molecule has 1 spiro atoms. The zero-order chi connectivity index (χ0) is 8.28. The van der Waals surface area contributed by atoms with Crippen LogP contribution in [0.15, 0.2) is 0 Å². The van der Waals surface area contributed by atoms with Gasteiger partial charge in [-0.15, -0.1) is 0 Å². The first-order valence-electron chi connectivity index (χ1n) is 3.62. The fraction of sp³-hybridized carbons (Fsp3) is 0.714. The lowest BCUT2D eigenvalue weighted by molar-refractivity contribution is -0.121. The van der Waals surface area contributed by atoms with Crippen molar-refractivity contribution in [3.05, 3.63) is 0 Å². The Bertz CT molecular complexity index is 259. The highest BCUT2D eigenvalue weighted by molar-refractivity contribution is 6.09. The first-order valence-corrected chi connectivity index (χ1v) is 3.62. The molecule has 4 nitrogen and oxygen atoms in total. The average Bonchev–Trinajstić information content (AvgIpc) is 2.22. The Labute approximate surface area is 64.3 Å². The second-order valence-electron chi connectivity index (χ2n) is 3.87. The van der Waals surface area contributed by atoms with Gasteiger partial charge >= 0.3 is 6.03 Å². The van der Waals surface area contributed by atoms with Crippen LogP contribution in [-0.2, 0) is 4.79 Å². The molecule has 2 N–H and O–H groups in total. The molecule has 60 valence electrons. The molecule has 0 radical (unpaired) electrons. The van der Waals surface area contributed by atoms with Gasteiger partial charge in [-0.1, -0.05) is 13.8 Å². The number of hydrogen-bond acceptors (Lipinski definition) is 2. The van der Waals surface area contributed by atoms with Crippen LogP contribution in [0.5, 0.6) is 0 Å². The number of hydrogen-bond donors (Lipinski definition) is 2. The van der Waals surface area contributed by atoms with Crippen LogP contribution in [0, 0.1) is 5.41 Å². The maximum Gasteiger partial charge on any atom is 0.322 e. The molecule has 4 heteroatoms. The summed E-state index contributed by atoms with van der Waals surface area (Å²) in [7, 11) is 0. The number of carbonyl (C=O) groups excluding carboxylic acids is 2. The second-order valence-corrected chi connectivity index (χ2v) is 3.87. The minimum Gasteiger partial charge on any atom is -0.323 e. The van der Waals surface area contributed by atoms with Gasteiger partial charge in [-0.2, -0.15) is 0 Å². The highest BCUT2D eigenvalue weighted by Crippen LogP contribution is 2.56. The summed E-state index contributed by atoms with van der Waals surface area (Å²) in [5, 5.41) is 4.88. The summed E-state index contributed by atoms with van der Waals surface area (Å²) in [6.07, 6.45) is 0.748. The van der Waals surface area contributed by atoms with Crippen LogP contribution in [0.3, 0.4) is 0 Å². The molecule has 2 aliphatic rings. The number of urea groups is 1. The molecule has 0 aromatic rings. The summed E-state index contributed by atoms with van der Waals surface area (Å²) in [4.78, 5) is 21.9. The van der Waals surface area contributed by atoms with E-state index in [2.05, 4.69) is 10.6 Å². The Morgan fingerprint density at radius 1 is 1.36 bits per heavy atom. The summed E-state index contributed by atoms with van der Waals surface area (Å²) in [5.74, 6) is -0.174. The first-order chi connectivity index (χ1) is 4.98. The Morgan fingerprint density at radius 3 is 2.09 bits per heavy atom. The van der Waals surface area contributed by atoms with Gasteiger partial charge in [0.15, 0.2) is 0 Å². The van der Waals surface area contributed by atoms with Gasteiger partial charge in [-0.05, 0) is 11.8 Å². The number of amides is 3. The average molecular weight is 154 g/mol. The van der Waals surface area contributed by atoms with Crippen molar-refractivity contribution in [3.63, 3.8) is 0 Å². The van der Waals surface area contributed by atoms with Crippen molar-refractivity contribution in [1.29, 1.82) is 0 Å². The molecule has 1 saturated heterocycles. The van der Waals surface area contributed by atoms with Gasteiger partial charge < -0.3 is 5.32 Å². The molecule has 2 rings (SSSR count). The van der Waals surface area contributed by atoms with E-state index in [-0.39, 0.29) is 17.4 Å². The van der Waals surface area contributed by atoms with Crippen molar-refractivity contribution >= 4 is 11.9 Å². The fourth-order valence-corrected chi connectivity index (χ4v) is 1.71. The van der Waals surface area contributed by atoms with Crippen molar-refractivity contribution in [2.75, 3.05) is 0 Å². The van der Waals surface area contributed by atoms with E-state index in [1.54, 1.807) is 0 Å². The highest BCUT2D eigenvalue weighted by atomic mass is 16.2. The molecule has 1 atom stereocenters. The van der Waals surface area contributed by atoms with Crippen LogP contribution in [-0.4, -0.2) is 17.5 Å². The van der Waals surface area contributed by atoms with Crippen molar-refractivity contribution in [2.45, 2.75) is 25.8 Å². The van der Waals surface area contributed by atoms with Crippen molar-refractivity contribution in [2.24, 2.45) is 5.41 Å². The molecule has 0 aromatic heterocycles. The molecule has 1 saturated carbocycles. The van der Waals surface area contributed by atoms with Gasteiger partial charge in [-0.25, -0.2) is 4.79 Å². The third-order valence-corrected chi connectivity index (χ3v) is 2.68. The number of nitrogens with one attached hydrogen (secondary N) is 2. The van der Waals surface area contributed by atoms with Gasteiger partial charge in [0.25, 0.3) is 5.91 Å². The lowest BCUT2D eigenvalue weighted by Gasteiger charge is -2.08. The molecule has 1 aliphatic heterocycles. The number of carbonyl (C=O) groups is 2. The maximum atomic E-state index is 11.2. The normalized spacial score (nSPS) is 38.7. The molecule has 1 unspecified atom stereocenters. The zero-order valence-electron chi connectivity index (χ0n) is 6.52. The van der Waals surface area contributed by atoms with E-state index in [1.807, 2.05) is 13.8 Å². The van der Waals surface area contributed by atoms with Crippen molar-refractivity contribution in [1.82, 2.24) is 10.6 Å². The van der Waals surface area contributed by atoms with E-state index < -0.39 is 5.54 Å². The van der Waals surface area contributed by atoms with Gasteiger partial charge in [0.2, 0.25) is 0 Å². The predicted molar refractivity (Wildman–Crippen MR) is 37.8 cm³/mol. The van der Waals surface area contributed by atoms with Gasteiger partial charge in [-0.3, -0.25) is 10.1 Å². The lowest BCUT2D eigenvalue weighted by Crippen LogP contribution is -2.36. The van der Waals surface area contributed by atoms with E-state index in [0.29, 0.717) is 0 Å². The largest absolute Gasteiger partial charge is 0.323 e. The minimum atomic E-state index is -0.579. The number of rotatable bonds is 0. The monoisotopic (exact) mass is 154 g/mol. The first kappa shape index (κ1) is 6.64. The fourth-order valence-electron chi connectivity index (χ4n) is 1.71. The third kappa shape index (κ3) is 0.593. The highest BCUT2D eigenvalue weighted by Gasteiger charge is 2.70. The third-order valence-electron chi connectivity index (χ3n) is 2.68. The summed E-state index contributed by atoms with van der Waals surface area (Å²) in [6.45, 7) is 3.94. The smallest absolute Gasteiger partial charge is 0.322 e. The van der Waals surface area contributed by atoms with E-state index >= 15 is 0 Å². The van der Waals surface area contributed by atoms with E-state index in [9.17, 15) is 9.59 Å². The van der Waals surface area contributed by atoms with Crippen molar-refractivity contribution in [3.8, 4) is 0 Å². The summed E-state index contributed by atoms with van der Waals surface area (Å²) in [6, 6.07) is -0.361. The lowest BCUT2D eigenvalue weighted by atomic mass is 10.1. The Hall–Kier alpha value is -1.06. The Kier molecular flexibility index (Phi) is 0.855. The van der Waals surface area contributed by atoms with E-state index in [4.69, 9.17) is 0 Å². The molecule has 1 heterocycles. The molecular weight excluding hydrogens is 144 g/mol. The van der Waals surface area contributed by atoms with Crippen LogP contribution in [0.4, 0.5) is 4.79 Å². The topological polar surface area (TPSA) is 58.2 Å². The molecule has 11 heavy (non-hydrogen) atoms. The predicted octanol–water partition coefficient (Wildman–Crippen LogP) is -0.00550. The van der Waals surface area contributed by atoms with Crippen molar-refractivity contribution < 1.29 is 9.59 Å². The van der Waals surface area contributed by atoms with Crippen LogP contribution in [0.2, 0.25) is 0 Å². The SMILES string of the molecule is CC1(C)CC12NC(=O)NC2=O. The Morgan fingerprint density at radius 2 is 1.91 bits per heavy atom. The van der Waals surface area contributed by atoms with Gasteiger partial charge in [0, 0.05) is 0 Å². The molecule has 3 amide bonds. The maximum absolute atomic E-state index is 11.2.